The van der Waals surface area contributed by atoms with Gasteiger partial charge in [0.15, 0.2) is 0 Å². The fourth-order valence-corrected chi connectivity index (χ4v) is 2.46. The zero-order valence-electron chi connectivity index (χ0n) is 13.8. The van der Waals surface area contributed by atoms with Crippen LogP contribution in [-0.4, -0.2) is 11.8 Å². The average Bonchev–Trinajstić information content (AvgIpc) is 2.62. The molecule has 4 heteroatoms. The number of benzene rings is 3. The molecule has 0 atom stereocenters. The molecule has 0 fully saturated rings. The second-order valence-corrected chi connectivity index (χ2v) is 5.72. The maximum absolute atomic E-state index is 12.4. The van der Waals surface area contributed by atoms with Crippen LogP contribution in [0.4, 0.5) is 11.4 Å². The number of amides is 2. The second-order valence-electron chi connectivity index (χ2n) is 5.72. The van der Waals surface area contributed by atoms with Crippen LogP contribution in [0.15, 0.2) is 78.9 Å². The third-order valence-electron chi connectivity index (χ3n) is 3.69. The van der Waals surface area contributed by atoms with Gasteiger partial charge in [-0.2, -0.15) is 0 Å². The topological polar surface area (TPSA) is 58.2 Å². The molecule has 0 aliphatic rings. The van der Waals surface area contributed by atoms with Gasteiger partial charge in [0.1, 0.15) is 0 Å². The monoisotopic (exact) mass is 330 g/mol. The minimum Gasteiger partial charge on any atom is -0.322 e. The second kappa shape index (κ2) is 7.45. The largest absolute Gasteiger partial charge is 0.322 e. The van der Waals surface area contributed by atoms with E-state index >= 15 is 0 Å². The Morgan fingerprint density at radius 1 is 0.640 bits per heavy atom. The molecule has 0 bridgehead atoms. The quantitative estimate of drug-likeness (QED) is 0.740. The van der Waals surface area contributed by atoms with E-state index in [4.69, 9.17) is 0 Å². The Hall–Kier alpha value is -3.40. The van der Waals surface area contributed by atoms with Crippen molar-refractivity contribution in [3.05, 3.63) is 95.6 Å². The van der Waals surface area contributed by atoms with Gasteiger partial charge in [-0.05, 0) is 55.0 Å². The van der Waals surface area contributed by atoms with E-state index in [1.165, 1.54) is 0 Å². The number of carbonyl (C=O) groups is 2. The van der Waals surface area contributed by atoms with Crippen LogP contribution in [0.5, 0.6) is 0 Å². The van der Waals surface area contributed by atoms with Crippen LogP contribution in [-0.2, 0) is 0 Å². The van der Waals surface area contributed by atoms with Crippen LogP contribution < -0.4 is 10.6 Å². The summed E-state index contributed by atoms with van der Waals surface area (Å²) >= 11 is 0. The zero-order chi connectivity index (χ0) is 17.6. The molecular formula is C21H18N2O2. The molecule has 0 aromatic heterocycles. The van der Waals surface area contributed by atoms with Gasteiger partial charge in [-0.3, -0.25) is 9.59 Å². The van der Waals surface area contributed by atoms with E-state index in [2.05, 4.69) is 10.6 Å². The summed E-state index contributed by atoms with van der Waals surface area (Å²) in [5.41, 5.74) is 3.43. The van der Waals surface area contributed by atoms with Crippen molar-refractivity contribution >= 4 is 23.2 Å². The van der Waals surface area contributed by atoms with Gasteiger partial charge in [-0.1, -0.05) is 36.4 Å². The fraction of sp³-hybridized carbons (Fsp3) is 0.0476. The lowest BCUT2D eigenvalue weighted by atomic mass is 10.1. The summed E-state index contributed by atoms with van der Waals surface area (Å²) in [5, 5.41) is 5.67. The number of carbonyl (C=O) groups excluding carboxylic acids is 2. The zero-order valence-corrected chi connectivity index (χ0v) is 13.8. The van der Waals surface area contributed by atoms with E-state index in [1.54, 1.807) is 48.5 Å². The highest BCUT2D eigenvalue weighted by atomic mass is 16.2. The van der Waals surface area contributed by atoms with E-state index in [-0.39, 0.29) is 11.8 Å². The SMILES string of the molecule is Cc1cccc(NC(=O)c2cccc(NC(=O)c3ccccc3)c2)c1. The van der Waals surface area contributed by atoms with E-state index in [0.29, 0.717) is 16.8 Å². The average molecular weight is 330 g/mol. The molecule has 0 saturated heterocycles. The molecule has 0 heterocycles. The van der Waals surface area contributed by atoms with Gasteiger partial charge in [0, 0.05) is 22.5 Å². The fourth-order valence-electron chi connectivity index (χ4n) is 2.46. The van der Waals surface area contributed by atoms with Crippen LogP contribution in [0.2, 0.25) is 0 Å². The number of nitrogens with one attached hydrogen (secondary N) is 2. The first kappa shape index (κ1) is 16.5. The van der Waals surface area contributed by atoms with Crippen molar-refractivity contribution in [2.45, 2.75) is 6.92 Å². The Kier molecular flexibility index (Phi) is 4.90. The van der Waals surface area contributed by atoms with Gasteiger partial charge in [0.25, 0.3) is 11.8 Å². The lowest BCUT2D eigenvalue weighted by Crippen LogP contribution is -2.14. The molecule has 0 aliphatic heterocycles. The van der Waals surface area contributed by atoms with Crippen LogP contribution in [0.3, 0.4) is 0 Å². The molecule has 0 spiro atoms. The molecule has 3 rings (SSSR count). The first-order valence-corrected chi connectivity index (χ1v) is 7.96. The summed E-state index contributed by atoms with van der Waals surface area (Å²) in [6, 6.07) is 23.4. The number of rotatable bonds is 4. The molecular weight excluding hydrogens is 312 g/mol. The minimum atomic E-state index is -0.221. The summed E-state index contributed by atoms with van der Waals surface area (Å²) in [6.07, 6.45) is 0. The smallest absolute Gasteiger partial charge is 0.255 e. The Bertz CT molecular complexity index is 905. The van der Waals surface area contributed by atoms with Crippen LogP contribution in [0, 0.1) is 6.92 Å². The first-order chi connectivity index (χ1) is 12.1. The number of hydrogen-bond donors (Lipinski definition) is 2. The molecule has 0 radical (unpaired) electrons. The van der Waals surface area contributed by atoms with Gasteiger partial charge in [0.05, 0.1) is 0 Å². The maximum Gasteiger partial charge on any atom is 0.255 e. The molecule has 2 N–H and O–H groups in total. The van der Waals surface area contributed by atoms with Crippen molar-refractivity contribution in [2.75, 3.05) is 10.6 Å². The van der Waals surface area contributed by atoms with E-state index in [1.807, 2.05) is 37.3 Å². The van der Waals surface area contributed by atoms with Crippen LogP contribution >= 0.6 is 0 Å². The van der Waals surface area contributed by atoms with Crippen molar-refractivity contribution in [3.8, 4) is 0 Å². The number of hydrogen-bond acceptors (Lipinski definition) is 2. The summed E-state index contributed by atoms with van der Waals surface area (Å²) in [5.74, 6) is -0.432. The minimum absolute atomic E-state index is 0.211. The van der Waals surface area contributed by atoms with Crippen LogP contribution in [0.1, 0.15) is 26.3 Å². The highest BCUT2D eigenvalue weighted by Gasteiger charge is 2.09. The predicted molar refractivity (Wildman–Crippen MR) is 100.0 cm³/mol. The Balaban J connectivity index is 1.72. The Morgan fingerprint density at radius 3 is 1.88 bits per heavy atom. The van der Waals surface area contributed by atoms with Crippen molar-refractivity contribution in [2.24, 2.45) is 0 Å². The third kappa shape index (κ3) is 4.32. The maximum atomic E-state index is 12.4. The Labute approximate surface area is 146 Å². The van der Waals surface area contributed by atoms with Crippen molar-refractivity contribution in [1.82, 2.24) is 0 Å². The molecule has 0 unspecified atom stereocenters. The van der Waals surface area contributed by atoms with Gasteiger partial charge >= 0.3 is 0 Å². The highest BCUT2D eigenvalue weighted by Crippen LogP contribution is 2.15. The molecule has 3 aromatic carbocycles. The highest BCUT2D eigenvalue weighted by molar-refractivity contribution is 6.07. The number of aryl methyl sites for hydroxylation is 1. The van der Waals surface area contributed by atoms with Gasteiger partial charge in [0.2, 0.25) is 0 Å². The Morgan fingerprint density at radius 2 is 1.20 bits per heavy atom. The lowest BCUT2D eigenvalue weighted by molar-refractivity contribution is 0.101. The molecule has 0 aliphatic carbocycles. The summed E-state index contributed by atoms with van der Waals surface area (Å²) < 4.78 is 0. The lowest BCUT2D eigenvalue weighted by Gasteiger charge is -2.09. The van der Waals surface area contributed by atoms with Gasteiger partial charge in [-0.25, -0.2) is 0 Å². The summed E-state index contributed by atoms with van der Waals surface area (Å²) in [7, 11) is 0. The molecule has 3 aromatic rings. The standard InChI is InChI=1S/C21H18N2O2/c1-15-7-5-11-18(13-15)22-21(25)17-10-6-12-19(14-17)23-20(24)16-8-3-2-4-9-16/h2-14H,1H3,(H,22,25)(H,23,24). The molecule has 124 valence electrons. The van der Waals surface area contributed by atoms with Gasteiger partial charge < -0.3 is 10.6 Å². The summed E-state index contributed by atoms with van der Waals surface area (Å²) in [6.45, 7) is 1.97. The molecule has 2 amide bonds. The molecule has 0 saturated carbocycles. The first-order valence-electron chi connectivity index (χ1n) is 7.96. The number of anilines is 2. The molecule has 4 nitrogen and oxygen atoms in total. The predicted octanol–water partition coefficient (Wildman–Crippen LogP) is 4.50. The summed E-state index contributed by atoms with van der Waals surface area (Å²) in [4.78, 5) is 24.6. The van der Waals surface area contributed by atoms with Gasteiger partial charge in [-0.15, -0.1) is 0 Å². The van der Waals surface area contributed by atoms with Crippen LogP contribution in [0.25, 0.3) is 0 Å². The van der Waals surface area contributed by atoms with Crippen molar-refractivity contribution in [1.29, 1.82) is 0 Å². The van der Waals surface area contributed by atoms with E-state index < -0.39 is 0 Å². The van der Waals surface area contributed by atoms with Crippen molar-refractivity contribution in [3.63, 3.8) is 0 Å². The van der Waals surface area contributed by atoms with E-state index in [0.717, 1.165) is 11.3 Å². The van der Waals surface area contributed by atoms with Crippen molar-refractivity contribution < 1.29 is 9.59 Å². The molecule has 25 heavy (non-hydrogen) atoms. The van der Waals surface area contributed by atoms with E-state index in [9.17, 15) is 9.59 Å². The third-order valence-corrected chi connectivity index (χ3v) is 3.69. The normalized spacial score (nSPS) is 10.1.